The van der Waals surface area contributed by atoms with Crippen LogP contribution in [0.4, 0.5) is 5.69 Å². The van der Waals surface area contributed by atoms with E-state index in [1.54, 1.807) is 7.11 Å². The van der Waals surface area contributed by atoms with Gasteiger partial charge in [0.25, 0.3) is 0 Å². The Morgan fingerprint density at radius 1 is 1.05 bits per heavy atom. The van der Waals surface area contributed by atoms with Gasteiger partial charge in [0.05, 0.1) is 7.11 Å². The van der Waals surface area contributed by atoms with E-state index in [1.807, 2.05) is 54.6 Å². The van der Waals surface area contributed by atoms with Gasteiger partial charge in [0.15, 0.2) is 0 Å². The predicted molar refractivity (Wildman–Crippen MR) is 79.8 cm³/mol. The minimum atomic E-state index is -1.07. The van der Waals surface area contributed by atoms with E-state index in [0.717, 1.165) is 17.9 Å². The minimum absolute atomic E-state index is 0.593. The van der Waals surface area contributed by atoms with E-state index in [-0.39, 0.29) is 0 Å². The molecule has 4 heteroatoms. The highest BCUT2D eigenvalue weighted by Crippen LogP contribution is 2.15. The van der Waals surface area contributed by atoms with Crippen LogP contribution in [-0.2, 0) is 17.4 Å². The summed E-state index contributed by atoms with van der Waals surface area (Å²) in [4.78, 5) is 0. The van der Waals surface area contributed by atoms with Crippen LogP contribution < -0.4 is 9.46 Å². The van der Waals surface area contributed by atoms with E-state index in [4.69, 9.17) is 4.74 Å². The number of anilines is 1. The Morgan fingerprint density at radius 2 is 1.74 bits per heavy atom. The molecule has 0 spiro atoms. The molecule has 1 atom stereocenters. The highest BCUT2D eigenvalue weighted by Gasteiger charge is 2.01. The molecule has 0 aliphatic carbocycles. The Balaban J connectivity index is 1.83. The zero-order valence-electron chi connectivity index (χ0n) is 10.8. The average molecular weight is 275 g/mol. The zero-order valence-corrected chi connectivity index (χ0v) is 11.7. The molecular formula is C15H17NO2S. The second kappa shape index (κ2) is 6.95. The average Bonchev–Trinajstić information content (AvgIpc) is 2.47. The molecule has 0 aliphatic rings. The third-order valence-electron chi connectivity index (χ3n) is 2.74. The second-order valence-electron chi connectivity index (χ2n) is 4.12. The quantitative estimate of drug-likeness (QED) is 0.880. The summed E-state index contributed by atoms with van der Waals surface area (Å²) >= 11 is 0. The number of hydrogen-bond acceptors (Lipinski definition) is 2. The van der Waals surface area contributed by atoms with Gasteiger partial charge in [-0.15, -0.1) is 0 Å². The summed E-state index contributed by atoms with van der Waals surface area (Å²) in [5, 5.41) is 0. The van der Waals surface area contributed by atoms with Gasteiger partial charge in [0.1, 0.15) is 16.7 Å². The number of hydrogen-bond donors (Lipinski definition) is 1. The maximum atomic E-state index is 11.9. The highest BCUT2D eigenvalue weighted by molar-refractivity contribution is 7.86. The van der Waals surface area contributed by atoms with Crippen LogP contribution in [0.5, 0.6) is 5.75 Å². The number of aryl methyl sites for hydroxylation is 1. The van der Waals surface area contributed by atoms with Crippen molar-refractivity contribution < 1.29 is 8.95 Å². The number of nitrogens with one attached hydrogen (secondary N) is 1. The van der Waals surface area contributed by atoms with E-state index in [9.17, 15) is 4.21 Å². The molecule has 0 amide bonds. The van der Waals surface area contributed by atoms with Crippen LogP contribution in [-0.4, -0.2) is 17.1 Å². The maximum Gasteiger partial charge on any atom is 0.119 e. The maximum absolute atomic E-state index is 11.9. The normalized spacial score (nSPS) is 11.8. The molecule has 0 heterocycles. The van der Waals surface area contributed by atoms with Gasteiger partial charge < -0.3 is 9.46 Å². The molecule has 0 bridgehead atoms. The fourth-order valence-corrected chi connectivity index (χ4v) is 2.62. The summed E-state index contributed by atoms with van der Waals surface area (Å²) in [5.41, 5.74) is 2.04. The van der Waals surface area contributed by atoms with Crippen molar-refractivity contribution in [2.24, 2.45) is 0 Å². The number of methoxy groups -OCH3 is 1. The van der Waals surface area contributed by atoms with E-state index in [0.29, 0.717) is 5.75 Å². The fourth-order valence-electron chi connectivity index (χ4n) is 1.70. The van der Waals surface area contributed by atoms with Crippen molar-refractivity contribution in [1.82, 2.24) is 0 Å². The fraction of sp³-hybridized carbons (Fsp3) is 0.200. The predicted octanol–water partition coefficient (Wildman–Crippen LogP) is 3.01. The number of ether oxygens (including phenoxy) is 1. The Hall–Kier alpha value is -1.81. The smallest absolute Gasteiger partial charge is 0.119 e. The van der Waals surface area contributed by atoms with Crippen LogP contribution in [0.2, 0.25) is 0 Å². The van der Waals surface area contributed by atoms with Crippen molar-refractivity contribution in [3.63, 3.8) is 0 Å². The van der Waals surface area contributed by atoms with Gasteiger partial charge in [-0.05, 0) is 36.2 Å². The van der Waals surface area contributed by atoms with Gasteiger partial charge in [0, 0.05) is 11.4 Å². The van der Waals surface area contributed by atoms with Crippen LogP contribution in [0.15, 0.2) is 54.6 Å². The van der Waals surface area contributed by atoms with Crippen LogP contribution in [0.1, 0.15) is 5.56 Å². The van der Waals surface area contributed by atoms with Crippen molar-refractivity contribution in [3.8, 4) is 5.75 Å². The third kappa shape index (κ3) is 4.41. The first-order chi connectivity index (χ1) is 9.28. The van der Waals surface area contributed by atoms with Crippen LogP contribution in [0, 0.1) is 0 Å². The molecule has 2 aromatic carbocycles. The van der Waals surface area contributed by atoms with Gasteiger partial charge >= 0.3 is 0 Å². The second-order valence-corrected chi connectivity index (χ2v) is 5.42. The van der Waals surface area contributed by atoms with Crippen LogP contribution >= 0.6 is 0 Å². The Bertz CT molecular complexity index is 526. The molecule has 0 saturated carbocycles. The molecule has 19 heavy (non-hydrogen) atoms. The first kappa shape index (κ1) is 13.6. The molecule has 100 valence electrons. The molecule has 2 aromatic rings. The number of benzene rings is 2. The molecular weight excluding hydrogens is 258 g/mol. The zero-order chi connectivity index (χ0) is 13.5. The molecule has 0 unspecified atom stereocenters. The lowest BCUT2D eigenvalue weighted by Crippen LogP contribution is -2.10. The lowest BCUT2D eigenvalue weighted by atomic mass is 10.2. The van der Waals surface area contributed by atoms with Crippen molar-refractivity contribution in [3.05, 3.63) is 60.2 Å². The van der Waals surface area contributed by atoms with E-state index < -0.39 is 11.0 Å². The van der Waals surface area contributed by atoms with Gasteiger partial charge in [-0.1, -0.05) is 30.3 Å². The van der Waals surface area contributed by atoms with Crippen LogP contribution in [0.25, 0.3) is 0 Å². The molecule has 0 fully saturated rings. The molecule has 3 nitrogen and oxygen atoms in total. The molecule has 1 N–H and O–H groups in total. The summed E-state index contributed by atoms with van der Waals surface area (Å²) in [7, 11) is 0.555. The SMILES string of the molecule is COc1ccc(N[S@](=O)CCc2ccccc2)cc1. The molecule has 0 aliphatic heterocycles. The number of rotatable bonds is 6. The summed E-state index contributed by atoms with van der Waals surface area (Å²) in [6.45, 7) is 0. The van der Waals surface area contributed by atoms with Crippen LogP contribution in [0.3, 0.4) is 0 Å². The summed E-state index contributed by atoms with van der Waals surface area (Å²) < 4.78 is 20.0. The monoisotopic (exact) mass is 275 g/mol. The summed E-state index contributed by atoms with van der Waals surface area (Å²) in [6, 6.07) is 17.5. The Morgan fingerprint density at radius 3 is 2.37 bits per heavy atom. The van der Waals surface area contributed by atoms with Crippen molar-refractivity contribution >= 4 is 16.7 Å². The summed E-state index contributed by atoms with van der Waals surface area (Å²) in [6.07, 6.45) is 0.802. The molecule has 0 saturated heterocycles. The lowest BCUT2D eigenvalue weighted by Gasteiger charge is -2.07. The van der Waals surface area contributed by atoms with E-state index in [2.05, 4.69) is 4.72 Å². The highest BCUT2D eigenvalue weighted by atomic mass is 32.2. The minimum Gasteiger partial charge on any atom is -0.497 e. The van der Waals surface area contributed by atoms with Gasteiger partial charge in [-0.3, -0.25) is 0 Å². The van der Waals surface area contributed by atoms with Gasteiger partial charge in [-0.25, -0.2) is 4.21 Å². The third-order valence-corrected chi connectivity index (χ3v) is 3.78. The summed E-state index contributed by atoms with van der Waals surface area (Å²) in [5.74, 6) is 1.39. The Kier molecular flexibility index (Phi) is 4.98. The van der Waals surface area contributed by atoms with Crippen molar-refractivity contribution in [2.45, 2.75) is 6.42 Å². The topological polar surface area (TPSA) is 38.3 Å². The molecule has 0 aromatic heterocycles. The molecule has 0 radical (unpaired) electrons. The first-order valence-corrected chi connectivity index (χ1v) is 7.43. The van der Waals surface area contributed by atoms with Crippen molar-refractivity contribution in [2.75, 3.05) is 17.6 Å². The van der Waals surface area contributed by atoms with Gasteiger partial charge in [-0.2, -0.15) is 0 Å². The standard InChI is InChI=1S/C15H17NO2S/c1-18-15-9-7-14(8-10-15)16-19(17)12-11-13-5-3-2-4-6-13/h2-10,16H,11-12H2,1H3/t19-/m1/s1. The largest absolute Gasteiger partial charge is 0.497 e. The molecule has 2 rings (SSSR count). The van der Waals surface area contributed by atoms with E-state index in [1.165, 1.54) is 5.56 Å². The van der Waals surface area contributed by atoms with E-state index >= 15 is 0 Å². The van der Waals surface area contributed by atoms with Crippen molar-refractivity contribution in [1.29, 1.82) is 0 Å². The Labute approximate surface area is 116 Å². The first-order valence-electron chi connectivity index (χ1n) is 6.11. The lowest BCUT2D eigenvalue weighted by molar-refractivity contribution is 0.415. The van der Waals surface area contributed by atoms with Gasteiger partial charge in [0.2, 0.25) is 0 Å².